The van der Waals surface area contributed by atoms with Crippen molar-refractivity contribution in [2.75, 3.05) is 11.9 Å². The van der Waals surface area contributed by atoms with Crippen molar-refractivity contribution in [2.45, 2.75) is 19.5 Å². The van der Waals surface area contributed by atoms with Crippen LogP contribution in [0.1, 0.15) is 34.6 Å². The van der Waals surface area contributed by atoms with Crippen molar-refractivity contribution in [1.29, 1.82) is 0 Å². The number of hydrogen-bond donors (Lipinski definition) is 3. The maximum atomic E-state index is 12.5. The summed E-state index contributed by atoms with van der Waals surface area (Å²) in [7, 11) is 0. The van der Waals surface area contributed by atoms with E-state index >= 15 is 0 Å². The zero-order valence-corrected chi connectivity index (χ0v) is 16.8. The Morgan fingerprint density at radius 3 is 2.59 bits per heavy atom. The number of para-hydroxylation sites is 1. The van der Waals surface area contributed by atoms with E-state index in [0.29, 0.717) is 22.0 Å². The smallest absolute Gasteiger partial charge is 0.279 e. The number of halogens is 1. The van der Waals surface area contributed by atoms with Crippen molar-refractivity contribution in [3.05, 3.63) is 88.8 Å². The van der Waals surface area contributed by atoms with Crippen LogP contribution in [0.25, 0.3) is 0 Å². The first-order valence-corrected chi connectivity index (χ1v) is 9.69. The van der Waals surface area contributed by atoms with Gasteiger partial charge in [-0.2, -0.15) is 0 Å². The Hall–Kier alpha value is -3.09. The highest BCUT2D eigenvalue weighted by Gasteiger charge is 2.17. The van der Waals surface area contributed by atoms with Crippen LogP contribution in [0.15, 0.2) is 71.3 Å². The van der Waals surface area contributed by atoms with E-state index < -0.39 is 0 Å². The molecule has 0 spiro atoms. The number of nitrogens with two attached hydrogens (primary N) is 1. The minimum atomic E-state index is -0.286. The van der Waals surface area contributed by atoms with Crippen molar-refractivity contribution in [2.24, 2.45) is 0 Å². The highest BCUT2D eigenvalue weighted by atomic mass is 35.5. The fraction of sp³-hybridized carbons (Fsp3) is 0.182. The normalized spacial score (nSPS) is 11.7. The number of amides is 2. The average molecular weight is 413 g/mol. The van der Waals surface area contributed by atoms with Gasteiger partial charge < -0.3 is 20.4 Å². The third-order valence-electron chi connectivity index (χ3n) is 4.50. The Balaban J connectivity index is 1.57. The largest absolute Gasteiger partial charge is 0.467 e. The minimum Gasteiger partial charge on any atom is -0.467 e. The summed E-state index contributed by atoms with van der Waals surface area (Å²) in [6.07, 6.45) is 1.55. The van der Waals surface area contributed by atoms with Gasteiger partial charge in [-0.15, -0.1) is 0 Å². The Labute approximate surface area is 174 Å². The van der Waals surface area contributed by atoms with Gasteiger partial charge >= 0.3 is 0 Å². The van der Waals surface area contributed by atoms with Gasteiger partial charge in [0, 0.05) is 10.6 Å². The van der Waals surface area contributed by atoms with Crippen molar-refractivity contribution in [3.63, 3.8) is 0 Å². The molecule has 150 valence electrons. The quantitative estimate of drug-likeness (QED) is 0.531. The number of hydrogen-bond acceptors (Lipinski definition) is 3. The standard InChI is InChI=1S/C22H22ClN3O3/c1-15(17-8-2-4-10-19(17)23)24-14-21(27)26-20-11-5-3-9-18(20)22(28)25-13-16-7-6-12-29-16/h2-12,15,24H,13-14H2,1H3,(H,25,28)(H,26,27)/p+1/t15-/m1/s1. The van der Waals surface area contributed by atoms with Gasteiger partial charge in [-0.3, -0.25) is 9.59 Å². The zero-order chi connectivity index (χ0) is 20.6. The second-order valence-corrected chi connectivity index (χ2v) is 7.01. The fourth-order valence-electron chi connectivity index (χ4n) is 2.92. The summed E-state index contributed by atoms with van der Waals surface area (Å²) >= 11 is 6.21. The molecule has 2 aromatic carbocycles. The third-order valence-corrected chi connectivity index (χ3v) is 4.85. The van der Waals surface area contributed by atoms with Crippen LogP contribution < -0.4 is 16.0 Å². The van der Waals surface area contributed by atoms with Gasteiger partial charge in [0.15, 0.2) is 6.54 Å². The maximum Gasteiger partial charge on any atom is 0.279 e. The lowest BCUT2D eigenvalue weighted by molar-refractivity contribution is -0.682. The molecular formula is C22H23ClN3O3+. The first kappa shape index (κ1) is 20.6. The van der Waals surface area contributed by atoms with Gasteiger partial charge in [-0.25, -0.2) is 0 Å². The monoisotopic (exact) mass is 412 g/mol. The van der Waals surface area contributed by atoms with Gasteiger partial charge in [0.05, 0.1) is 24.1 Å². The van der Waals surface area contributed by atoms with Gasteiger partial charge in [0.1, 0.15) is 11.8 Å². The van der Waals surface area contributed by atoms with E-state index in [-0.39, 0.29) is 30.9 Å². The van der Waals surface area contributed by atoms with E-state index in [1.807, 2.05) is 36.5 Å². The predicted molar refractivity (Wildman–Crippen MR) is 112 cm³/mol. The number of anilines is 1. The van der Waals surface area contributed by atoms with Crippen LogP contribution in [-0.4, -0.2) is 18.4 Å². The van der Waals surface area contributed by atoms with E-state index in [2.05, 4.69) is 10.6 Å². The Morgan fingerprint density at radius 2 is 1.83 bits per heavy atom. The number of carbonyl (C=O) groups excluding carboxylic acids is 2. The van der Waals surface area contributed by atoms with Crippen molar-refractivity contribution in [1.82, 2.24) is 5.32 Å². The van der Waals surface area contributed by atoms with Crippen LogP contribution in [0.3, 0.4) is 0 Å². The van der Waals surface area contributed by atoms with Crippen molar-refractivity contribution < 1.29 is 19.3 Å². The van der Waals surface area contributed by atoms with Crippen LogP contribution >= 0.6 is 11.6 Å². The molecule has 0 saturated heterocycles. The number of furan rings is 1. The lowest BCUT2D eigenvalue weighted by atomic mass is 10.1. The molecule has 0 saturated carbocycles. The Morgan fingerprint density at radius 1 is 1.07 bits per heavy atom. The number of benzene rings is 2. The summed E-state index contributed by atoms with van der Waals surface area (Å²) in [6, 6.07) is 18.0. The molecule has 0 aliphatic carbocycles. The molecule has 3 aromatic rings. The van der Waals surface area contributed by atoms with Crippen LogP contribution in [0.4, 0.5) is 5.69 Å². The molecular weight excluding hydrogens is 390 g/mol. The van der Waals surface area contributed by atoms with E-state index in [1.165, 1.54) is 0 Å². The highest BCUT2D eigenvalue weighted by molar-refractivity contribution is 6.31. The summed E-state index contributed by atoms with van der Waals surface area (Å²) in [5, 5.41) is 8.18. The molecule has 2 amide bonds. The molecule has 3 rings (SSSR count). The van der Waals surface area contributed by atoms with Crippen molar-refractivity contribution in [3.8, 4) is 0 Å². The van der Waals surface area contributed by atoms with Gasteiger partial charge in [-0.05, 0) is 37.3 Å². The molecule has 0 fully saturated rings. The molecule has 0 aliphatic heterocycles. The second-order valence-electron chi connectivity index (χ2n) is 6.61. The molecule has 1 aromatic heterocycles. The molecule has 1 atom stereocenters. The molecule has 0 aliphatic rings. The van der Waals surface area contributed by atoms with Crippen molar-refractivity contribution >= 4 is 29.1 Å². The van der Waals surface area contributed by atoms with Crippen LogP contribution in [0, 0.1) is 0 Å². The average Bonchev–Trinajstić information content (AvgIpc) is 3.25. The lowest BCUT2D eigenvalue weighted by Gasteiger charge is -2.14. The second kappa shape index (κ2) is 9.91. The summed E-state index contributed by atoms with van der Waals surface area (Å²) < 4.78 is 5.22. The number of rotatable bonds is 8. The lowest BCUT2D eigenvalue weighted by Crippen LogP contribution is -2.86. The third kappa shape index (κ3) is 5.70. The molecule has 1 heterocycles. The number of quaternary nitrogens is 1. The SMILES string of the molecule is C[C@@H]([NH2+]CC(=O)Nc1ccccc1C(=O)NCc1ccco1)c1ccccc1Cl. The van der Waals surface area contributed by atoms with E-state index in [9.17, 15) is 9.59 Å². The highest BCUT2D eigenvalue weighted by Crippen LogP contribution is 2.19. The van der Waals surface area contributed by atoms with Gasteiger partial charge in [0.25, 0.3) is 11.8 Å². The summed E-state index contributed by atoms with van der Waals surface area (Å²) in [4.78, 5) is 24.9. The molecule has 0 bridgehead atoms. The van der Waals surface area contributed by atoms with Crippen LogP contribution in [0.5, 0.6) is 0 Å². The molecule has 4 N–H and O–H groups in total. The number of nitrogens with one attached hydrogen (secondary N) is 2. The molecule has 0 unspecified atom stereocenters. The molecule has 6 nitrogen and oxygen atoms in total. The van der Waals surface area contributed by atoms with E-state index in [1.54, 1.807) is 42.7 Å². The summed E-state index contributed by atoms with van der Waals surface area (Å²) in [5.74, 6) is 0.170. The Kier molecular flexibility index (Phi) is 7.05. The topological polar surface area (TPSA) is 88.0 Å². The summed E-state index contributed by atoms with van der Waals surface area (Å²) in [5.41, 5.74) is 1.83. The first-order chi connectivity index (χ1) is 14.0. The number of carbonyl (C=O) groups is 2. The fourth-order valence-corrected chi connectivity index (χ4v) is 3.23. The summed E-state index contributed by atoms with van der Waals surface area (Å²) in [6.45, 7) is 2.47. The van der Waals surface area contributed by atoms with Crippen LogP contribution in [-0.2, 0) is 11.3 Å². The van der Waals surface area contributed by atoms with Crippen LogP contribution in [0.2, 0.25) is 5.02 Å². The molecule has 7 heteroatoms. The molecule has 29 heavy (non-hydrogen) atoms. The van der Waals surface area contributed by atoms with E-state index in [4.69, 9.17) is 16.0 Å². The molecule has 0 radical (unpaired) electrons. The Bertz CT molecular complexity index is 973. The maximum absolute atomic E-state index is 12.5. The zero-order valence-electron chi connectivity index (χ0n) is 16.0. The van der Waals surface area contributed by atoms with Gasteiger partial charge in [-0.1, -0.05) is 41.9 Å². The predicted octanol–water partition coefficient (Wildman–Crippen LogP) is 3.13. The first-order valence-electron chi connectivity index (χ1n) is 9.32. The van der Waals surface area contributed by atoms with E-state index in [0.717, 1.165) is 5.56 Å². The van der Waals surface area contributed by atoms with Gasteiger partial charge in [0.2, 0.25) is 0 Å². The minimum absolute atomic E-state index is 0.0290.